The molecule has 0 spiro atoms. The van der Waals surface area contributed by atoms with Crippen LogP contribution in [0, 0.1) is 6.92 Å². The Balaban J connectivity index is 2.03. The number of nitrogens with zero attached hydrogens (tertiary/aromatic N) is 3. The van der Waals surface area contributed by atoms with Crippen LogP contribution < -0.4 is 0 Å². The van der Waals surface area contributed by atoms with Gasteiger partial charge in [-0.25, -0.2) is 4.98 Å². The van der Waals surface area contributed by atoms with E-state index in [9.17, 15) is 4.79 Å². The molecule has 1 aliphatic rings. The molecule has 21 heavy (non-hydrogen) atoms. The smallest absolute Gasteiger partial charge is 0.254 e. The summed E-state index contributed by atoms with van der Waals surface area (Å²) in [5.74, 6) is 0.0328. The molecule has 116 valence electrons. The maximum absolute atomic E-state index is 12.6. The first kappa shape index (κ1) is 16.2. The Hall–Kier alpha value is -1.13. The van der Waals surface area contributed by atoms with Gasteiger partial charge in [-0.3, -0.25) is 4.79 Å². The van der Waals surface area contributed by atoms with E-state index in [4.69, 9.17) is 11.6 Å². The third kappa shape index (κ3) is 3.95. The first-order valence-corrected chi connectivity index (χ1v) is 7.91. The Labute approximate surface area is 132 Å². The Morgan fingerprint density at radius 1 is 1.38 bits per heavy atom. The third-order valence-corrected chi connectivity index (χ3v) is 4.46. The van der Waals surface area contributed by atoms with Crippen LogP contribution in [0.5, 0.6) is 0 Å². The van der Waals surface area contributed by atoms with Crippen molar-refractivity contribution in [3.8, 4) is 0 Å². The molecule has 0 bridgehead atoms. The zero-order valence-corrected chi connectivity index (χ0v) is 14.0. The number of rotatable bonds is 3. The van der Waals surface area contributed by atoms with Crippen LogP contribution in [0.1, 0.15) is 42.7 Å². The Kier molecular flexibility index (Phi) is 5.22. The Bertz CT molecular complexity index is 490. The number of carbonyl (C=O) groups excluding carboxylic acids is 1. The summed E-state index contributed by atoms with van der Waals surface area (Å²) in [5.41, 5.74) is 1.40. The van der Waals surface area contributed by atoms with Gasteiger partial charge in [0.25, 0.3) is 5.91 Å². The molecule has 1 aromatic rings. The molecule has 1 saturated heterocycles. The molecule has 1 fully saturated rings. The summed E-state index contributed by atoms with van der Waals surface area (Å²) in [6.07, 6.45) is 2.05. The molecule has 1 amide bonds. The SMILES string of the molecule is Cc1cc(C(=O)N(C)C2CCN(C(C)C)CC2)cc(Cl)n1. The van der Waals surface area contributed by atoms with Gasteiger partial charge in [0.2, 0.25) is 0 Å². The van der Waals surface area contributed by atoms with E-state index >= 15 is 0 Å². The summed E-state index contributed by atoms with van der Waals surface area (Å²) in [6.45, 7) is 8.39. The predicted molar refractivity (Wildman–Crippen MR) is 85.8 cm³/mol. The van der Waals surface area contributed by atoms with Gasteiger partial charge in [-0.1, -0.05) is 11.6 Å². The predicted octanol–water partition coefficient (Wildman–Crippen LogP) is 2.99. The van der Waals surface area contributed by atoms with Crippen molar-refractivity contribution in [2.45, 2.75) is 45.7 Å². The normalized spacial score (nSPS) is 17.2. The minimum atomic E-state index is 0.0328. The fourth-order valence-corrected chi connectivity index (χ4v) is 3.16. The number of carbonyl (C=O) groups is 1. The fourth-order valence-electron chi connectivity index (χ4n) is 2.91. The summed E-state index contributed by atoms with van der Waals surface area (Å²) in [7, 11) is 1.89. The second-order valence-electron chi connectivity index (χ2n) is 6.10. The van der Waals surface area contributed by atoms with E-state index in [1.165, 1.54) is 0 Å². The number of aryl methyl sites for hydroxylation is 1. The molecule has 5 heteroatoms. The van der Waals surface area contributed by atoms with Crippen molar-refractivity contribution in [2.75, 3.05) is 20.1 Å². The van der Waals surface area contributed by atoms with Gasteiger partial charge < -0.3 is 9.80 Å². The monoisotopic (exact) mass is 309 g/mol. The zero-order valence-electron chi connectivity index (χ0n) is 13.3. The van der Waals surface area contributed by atoms with Gasteiger partial charge in [0, 0.05) is 43.5 Å². The van der Waals surface area contributed by atoms with Gasteiger partial charge in [-0.05, 0) is 45.7 Å². The highest BCUT2D eigenvalue weighted by molar-refractivity contribution is 6.29. The molecule has 2 heterocycles. The summed E-state index contributed by atoms with van der Waals surface area (Å²) in [6, 6.07) is 4.33. The molecule has 0 unspecified atom stereocenters. The molecule has 0 aliphatic carbocycles. The molecule has 0 radical (unpaired) electrons. The lowest BCUT2D eigenvalue weighted by Crippen LogP contribution is -2.47. The van der Waals surface area contributed by atoms with Gasteiger partial charge in [0.15, 0.2) is 0 Å². The number of amides is 1. The van der Waals surface area contributed by atoms with Gasteiger partial charge in [-0.2, -0.15) is 0 Å². The minimum Gasteiger partial charge on any atom is -0.339 e. The van der Waals surface area contributed by atoms with Crippen molar-refractivity contribution in [3.05, 3.63) is 28.5 Å². The lowest BCUT2D eigenvalue weighted by atomic mass is 10.0. The average molecular weight is 310 g/mol. The molecular weight excluding hydrogens is 286 g/mol. The molecule has 0 N–H and O–H groups in total. The van der Waals surface area contributed by atoms with Crippen molar-refractivity contribution in [3.63, 3.8) is 0 Å². The second kappa shape index (κ2) is 6.75. The molecule has 1 aromatic heterocycles. The summed E-state index contributed by atoms with van der Waals surface area (Å²) in [5, 5.41) is 0.376. The van der Waals surface area contributed by atoms with Gasteiger partial charge in [0.05, 0.1) is 0 Å². The zero-order chi connectivity index (χ0) is 15.6. The van der Waals surface area contributed by atoms with E-state index in [1.54, 1.807) is 12.1 Å². The van der Waals surface area contributed by atoms with Crippen LogP contribution in [-0.4, -0.2) is 52.9 Å². The van der Waals surface area contributed by atoms with Crippen LogP contribution in [0.2, 0.25) is 5.15 Å². The molecule has 1 aliphatic heterocycles. The maximum atomic E-state index is 12.6. The van der Waals surface area contributed by atoms with Crippen molar-refractivity contribution < 1.29 is 4.79 Å². The number of halogens is 1. The van der Waals surface area contributed by atoms with E-state index in [0.29, 0.717) is 22.8 Å². The summed E-state index contributed by atoms with van der Waals surface area (Å²) < 4.78 is 0. The number of aromatic nitrogens is 1. The van der Waals surface area contributed by atoms with E-state index in [0.717, 1.165) is 31.6 Å². The molecule has 2 rings (SSSR count). The number of hydrogen-bond donors (Lipinski definition) is 0. The molecule has 0 aromatic carbocycles. The number of hydrogen-bond acceptors (Lipinski definition) is 3. The molecule has 0 saturated carbocycles. The van der Waals surface area contributed by atoms with Crippen LogP contribution in [0.3, 0.4) is 0 Å². The van der Waals surface area contributed by atoms with Crippen molar-refractivity contribution in [1.82, 2.24) is 14.8 Å². The average Bonchev–Trinajstić information content (AvgIpc) is 2.44. The second-order valence-corrected chi connectivity index (χ2v) is 6.48. The minimum absolute atomic E-state index is 0.0328. The highest BCUT2D eigenvalue weighted by atomic mass is 35.5. The highest BCUT2D eigenvalue weighted by Gasteiger charge is 2.27. The van der Waals surface area contributed by atoms with Gasteiger partial charge in [0.1, 0.15) is 5.15 Å². The van der Waals surface area contributed by atoms with Gasteiger partial charge >= 0.3 is 0 Å². The lowest BCUT2D eigenvalue weighted by Gasteiger charge is -2.38. The molecule has 4 nitrogen and oxygen atoms in total. The maximum Gasteiger partial charge on any atom is 0.254 e. The fraction of sp³-hybridized carbons (Fsp3) is 0.625. The first-order valence-electron chi connectivity index (χ1n) is 7.54. The Morgan fingerprint density at radius 3 is 2.52 bits per heavy atom. The standard InChI is InChI=1S/C16H24ClN3O/c1-11(2)20-7-5-14(6-8-20)19(4)16(21)13-9-12(3)18-15(17)10-13/h9-11,14H,5-8H2,1-4H3. The van der Waals surface area contributed by atoms with Crippen LogP contribution in [-0.2, 0) is 0 Å². The Morgan fingerprint density at radius 2 is 2.00 bits per heavy atom. The molecular formula is C16H24ClN3O. The van der Waals surface area contributed by atoms with Crippen LogP contribution in [0.4, 0.5) is 0 Å². The van der Waals surface area contributed by atoms with Gasteiger partial charge in [-0.15, -0.1) is 0 Å². The van der Waals surface area contributed by atoms with Crippen LogP contribution in [0.25, 0.3) is 0 Å². The summed E-state index contributed by atoms with van der Waals surface area (Å²) in [4.78, 5) is 21.0. The molecule has 0 atom stereocenters. The first-order chi connectivity index (χ1) is 9.88. The third-order valence-electron chi connectivity index (χ3n) is 4.27. The highest BCUT2D eigenvalue weighted by Crippen LogP contribution is 2.20. The van der Waals surface area contributed by atoms with Crippen LogP contribution in [0.15, 0.2) is 12.1 Å². The van der Waals surface area contributed by atoms with E-state index in [1.807, 2.05) is 18.9 Å². The number of piperidine rings is 1. The van der Waals surface area contributed by atoms with Crippen molar-refractivity contribution >= 4 is 17.5 Å². The van der Waals surface area contributed by atoms with E-state index < -0.39 is 0 Å². The van der Waals surface area contributed by atoms with Crippen molar-refractivity contribution in [1.29, 1.82) is 0 Å². The largest absolute Gasteiger partial charge is 0.339 e. The topological polar surface area (TPSA) is 36.4 Å². The van der Waals surface area contributed by atoms with Crippen molar-refractivity contribution in [2.24, 2.45) is 0 Å². The number of pyridine rings is 1. The van der Waals surface area contributed by atoms with Crippen LogP contribution >= 0.6 is 11.6 Å². The summed E-state index contributed by atoms with van der Waals surface area (Å²) >= 11 is 5.95. The number of likely N-dealkylation sites (tertiary alicyclic amines) is 1. The lowest BCUT2D eigenvalue weighted by molar-refractivity contribution is 0.0615. The quantitative estimate of drug-likeness (QED) is 0.805. The van der Waals surface area contributed by atoms with E-state index in [-0.39, 0.29) is 5.91 Å². The van der Waals surface area contributed by atoms with E-state index in [2.05, 4.69) is 23.7 Å².